The van der Waals surface area contributed by atoms with E-state index in [2.05, 4.69) is 4.72 Å². The molecule has 0 bridgehead atoms. The molecule has 174 valence electrons. The highest BCUT2D eigenvalue weighted by atomic mass is 32.2. The molecule has 1 heterocycles. The maximum atomic E-state index is 13.0. The zero-order chi connectivity index (χ0) is 23.4. The van der Waals surface area contributed by atoms with Crippen molar-refractivity contribution in [1.82, 2.24) is 9.21 Å². The molecule has 0 spiro atoms. The molecule has 3 rings (SSSR count). The van der Waals surface area contributed by atoms with E-state index in [1.54, 1.807) is 43.0 Å². The maximum Gasteiger partial charge on any atom is 0.261 e. The summed E-state index contributed by atoms with van der Waals surface area (Å²) in [6.45, 7) is 5.44. The number of anilines is 1. The van der Waals surface area contributed by atoms with Gasteiger partial charge >= 0.3 is 0 Å². The number of sulfonamides is 2. The van der Waals surface area contributed by atoms with Crippen molar-refractivity contribution in [1.29, 1.82) is 0 Å². The lowest BCUT2D eigenvalue weighted by atomic mass is 10.1. The Morgan fingerprint density at radius 1 is 0.875 bits per heavy atom. The second kappa shape index (κ2) is 10.0. The zero-order valence-corrected chi connectivity index (χ0v) is 20.0. The van der Waals surface area contributed by atoms with Gasteiger partial charge in [0.25, 0.3) is 15.9 Å². The topological polar surface area (TPSA) is 104 Å². The number of para-hydroxylation sites is 1. The molecule has 0 aliphatic carbocycles. The van der Waals surface area contributed by atoms with Crippen LogP contribution in [-0.4, -0.2) is 58.1 Å². The van der Waals surface area contributed by atoms with Crippen molar-refractivity contribution in [3.63, 3.8) is 0 Å². The summed E-state index contributed by atoms with van der Waals surface area (Å²) in [5, 5.41) is 0. The van der Waals surface area contributed by atoms with Crippen LogP contribution >= 0.6 is 0 Å². The largest absolute Gasteiger partial charge is 0.339 e. The number of carbonyl (C=O) groups excluding carboxylic acids is 1. The Kier molecular flexibility index (Phi) is 7.58. The standard InChI is InChI=1S/C22H29N3O5S2/c1-3-25(4-2)32(29,30)19-14-12-18(13-15-19)31(27,28)23-21-11-7-6-10-20(21)22(26)24-16-8-5-9-17-24/h6-7,10-15,23H,3-5,8-9,16-17H2,1-2H3. The third-order valence-electron chi connectivity index (χ3n) is 5.52. The van der Waals surface area contributed by atoms with Crippen molar-refractivity contribution >= 4 is 31.6 Å². The molecule has 2 aromatic rings. The lowest BCUT2D eigenvalue weighted by molar-refractivity contribution is 0.0725. The van der Waals surface area contributed by atoms with Crippen LogP contribution in [0.4, 0.5) is 5.69 Å². The van der Waals surface area contributed by atoms with Crippen LogP contribution in [0.2, 0.25) is 0 Å². The lowest BCUT2D eigenvalue weighted by Gasteiger charge is -2.27. The number of hydrogen-bond acceptors (Lipinski definition) is 5. The van der Waals surface area contributed by atoms with E-state index in [0.29, 0.717) is 31.7 Å². The average Bonchev–Trinajstić information content (AvgIpc) is 2.80. The molecule has 10 heteroatoms. The number of rotatable bonds is 8. The Bertz CT molecular complexity index is 1150. The van der Waals surface area contributed by atoms with Crippen LogP contribution in [0.3, 0.4) is 0 Å². The molecule has 0 saturated carbocycles. The molecule has 1 aliphatic rings. The molecular formula is C22H29N3O5S2. The van der Waals surface area contributed by atoms with E-state index in [9.17, 15) is 21.6 Å². The first-order valence-corrected chi connectivity index (χ1v) is 13.6. The number of amides is 1. The van der Waals surface area contributed by atoms with Crippen molar-refractivity contribution < 1.29 is 21.6 Å². The Morgan fingerprint density at radius 2 is 1.44 bits per heavy atom. The summed E-state index contributed by atoms with van der Waals surface area (Å²) in [6, 6.07) is 11.6. The SMILES string of the molecule is CCN(CC)S(=O)(=O)c1ccc(S(=O)(=O)Nc2ccccc2C(=O)N2CCCCC2)cc1. The van der Waals surface area contributed by atoms with Gasteiger partial charge in [0.05, 0.1) is 21.0 Å². The number of likely N-dealkylation sites (tertiary alicyclic amines) is 1. The fraction of sp³-hybridized carbons (Fsp3) is 0.409. The molecule has 1 N–H and O–H groups in total. The predicted octanol–water partition coefficient (Wildman–Crippen LogP) is 3.14. The monoisotopic (exact) mass is 479 g/mol. The number of nitrogens with zero attached hydrogens (tertiary/aromatic N) is 2. The first-order valence-electron chi connectivity index (χ1n) is 10.7. The molecule has 1 fully saturated rings. The van der Waals surface area contributed by atoms with Gasteiger partial charge in [-0.1, -0.05) is 26.0 Å². The maximum absolute atomic E-state index is 13.0. The van der Waals surface area contributed by atoms with Crippen LogP contribution in [0.5, 0.6) is 0 Å². The lowest BCUT2D eigenvalue weighted by Crippen LogP contribution is -2.36. The minimum atomic E-state index is -4.02. The van der Waals surface area contributed by atoms with Crippen LogP contribution in [-0.2, 0) is 20.0 Å². The summed E-state index contributed by atoms with van der Waals surface area (Å²) in [5.74, 6) is -0.205. The smallest absolute Gasteiger partial charge is 0.261 e. The fourth-order valence-electron chi connectivity index (χ4n) is 3.73. The third kappa shape index (κ3) is 5.13. The van der Waals surface area contributed by atoms with Crippen molar-refractivity contribution in [2.24, 2.45) is 0 Å². The average molecular weight is 480 g/mol. The highest BCUT2D eigenvalue weighted by Crippen LogP contribution is 2.24. The first kappa shape index (κ1) is 24.2. The second-order valence-corrected chi connectivity index (χ2v) is 11.2. The van der Waals surface area contributed by atoms with E-state index >= 15 is 0 Å². The minimum Gasteiger partial charge on any atom is -0.339 e. The van der Waals surface area contributed by atoms with Crippen LogP contribution < -0.4 is 4.72 Å². The van der Waals surface area contributed by atoms with Crippen molar-refractivity contribution in [2.45, 2.75) is 42.9 Å². The zero-order valence-electron chi connectivity index (χ0n) is 18.3. The molecule has 1 amide bonds. The van der Waals surface area contributed by atoms with Gasteiger partial charge in [0.1, 0.15) is 0 Å². The summed E-state index contributed by atoms with van der Waals surface area (Å²) in [4.78, 5) is 14.6. The summed E-state index contributed by atoms with van der Waals surface area (Å²) in [7, 11) is -7.71. The molecular weight excluding hydrogens is 450 g/mol. The van der Waals surface area contributed by atoms with E-state index in [4.69, 9.17) is 0 Å². The molecule has 32 heavy (non-hydrogen) atoms. The molecule has 1 saturated heterocycles. The number of piperidine rings is 1. The van der Waals surface area contributed by atoms with Gasteiger partial charge < -0.3 is 4.90 Å². The molecule has 8 nitrogen and oxygen atoms in total. The predicted molar refractivity (Wildman–Crippen MR) is 124 cm³/mol. The van der Waals surface area contributed by atoms with E-state index in [1.807, 2.05) is 0 Å². The van der Waals surface area contributed by atoms with Crippen LogP contribution in [0.15, 0.2) is 58.3 Å². The Balaban J connectivity index is 1.85. The second-order valence-electron chi connectivity index (χ2n) is 7.56. The molecule has 0 aromatic heterocycles. The summed E-state index contributed by atoms with van der Waals surface area (Å²) in [5.41, 5.74) is 0.488. The third-order valence-corrected chi connectivity index (χ3v) is 8.97. The van der Waals surface area contributed by atoms with E-state index in [0.717, 1.165) is 19.3 Å². The highest BCUT2D eigenvalue weighted by molar-refractivity contribution is 7.92. The van der Waals surface area contributed by atoms with E-state index in [-0.39, 0.29) is 21.4 Å². The van der Waals surface area contributed by atoms with Gasteiger partial charge in [-0.15, -0.1) is 0 Å². The quantitative estimate of drug-likeness (QED) is 0.626. The fourth-order valence-corrected chi connectivity index (χ4v) is 6.27. The summed E-state index contributed by atoms with van der Waals surface area (Å²) in [6.07, 6.45) is 2.95. The van der Waals surface area contributed by atoms with Gasteiger partial charge in [0.2, 0.25) is 10.0 Å². The highest BCUT2D eigenvalue weighted by Gasteiger charge is 2.25. The summed E-state index contributed by atoms with van der Waals surface area (Å²) >= 11 is 0. The number of nitrogens with one attached hydrogen (secondary N) is 1. The summed E-state index contributed by atoms with van der Waals surface area (Å²) < 4.78 is 55.0. The Labute approximate surface area is 190 Å². The number of benzene rings is 2. The van der Waals surface area contributed by atoms with Gasteiger partial charge in [-0.2, -0.15) is 4.31 Å². The number of carbonyl (C=O) groups is 1. The van der Waals surface area contributed by atoms with Crippen LogP contribution in [0.25, 0.3) is 0 Å². The first-order chi connectivity index (χ1) is 15.2. The van der Waals surface area contributed by atoms with Crippen LogP contribution in [0.1, 0.15) is 43.5 Å². The molecule has 0 atom stereocenters. The molecule has 0 radical (unpaired) electrons. The van der Waals surface area contributed by atoms with Gasteiger partial charge in [0, 0.05) is 26.2 Å². The van der Waals surface area contributed by atoms with Gasteiger partial charge in [-0.3, -0.25) is 9.52 Å². The number of hydrogen-bond donors (Lipinski definition) is 1. The Morgan fingerprint density at radius 3 is 2.03 bits per heavy atom. The van der Waals surface area contributed by atoms with E-state index < -0.39 is 20.0 Å². The molecule has 1 aliphatic heterocycles. The van der Waals surface area contributed by atoms with Crippen molar-refractivity contribution in [3.8, 4) is 0 Å². The molecule has 2 aromatic carbocycles. The Hall–Kier alpha value is -2.43. The van der Waals surface area contributed by atoms with Crippen LogP contribution in [0, 0.1) is 0 Å². The van der Waals surface area contributed by atoms with Crippen molar-refractivity contribution in [3.05, 3.63) is 54.1 Å². The van der Waals surface area contributed by atoms with Gasteiger partial charge in [-0.25, -0.2) is 16.8 Å². The van der Waals surface area contributed by atoms with Crippen molar-refractivity contribution in [2.75, 3.05) is 30.9 Å². The normalized spacial score (nSPS) is 15.0. The minimum absolute atomic E-state index is 0.0285. The van der Waals surface area contributed by atoms with Gasteiger partial charge in [-0.05, 0) is 55.7 Å². The van der Waals surface area contributed by atoms with E-state index in [1.165, 1.54) is 28.6 Å². The molecule has 0 unspecified atom stereocenters. The van der Waals surface area contributed by atoms with Gasteiger partial charge in [0.15, 0.2) is 0 Å².